The number of alkyl halides is 1. The Bertz CT molecular complexity index is 339. The molecule has 0 atom stereocenters. The smallest absolute Gasteiger partial charge is 0.180 e. The number of nitrogen functional groups attached to an aromatic ring is 1. The number of rotatable bonds is 5. The van der Waals surface area contributed by atoms with Crippen LogP contribution in [-0.4, -0.2) is 30.3 Å². The van der Waals surface area contributed by atoms with Crippen molar-refractivity contribution in [2.45, 2.75) is 0 Å². The molecule has 14 heavy (non-hydrogen) atoms. The molecule has 0 saturated carbocycles. The Hall–Kier alpha value is -1.50. The van der Waals surface area contributed by atoms with Gasteiger partial charge in [-0.3, -0.25) is 4.79 Å². The molecule has 0 amide bonds. The number of halogens is 1. The Morgan fingerprint density at radius 2 is 2.64 bits per heavy atom. The van der Waals surface area contributed by atoms with Crippen LogP contribution in [0.2, 0.25) is 0 Å². The van der Waals surface area contributed by atoms with Crippen molar-refractivity contribution in [1.82, 2.24) is 4.98 Å². The summed E-state index contributed by atoms with van der Waals surface area (Å²) in [6.07, 6.45) is 0.479. The molecule has 0 saturated heterocycles. The standard InChI is InChI=1S/C7H8FN3O2S/c8-1-2-13-11-5(3-12)6-4-14-7(9)10-6/h3-4H,1-2H2,(H2,9,10)/b11-5+. The highest BCUT2D eigenvalue weighted by atomic mass is 32.1. The van der Waals surface area contributed by atoms with Crippen molar-refractivity contribution in [3.05, 3.63) is 11.1 Å². The third kappa shape index (κ3) is 2.77. The lowest BCUT2D eigenvalue weighted by atomic mass is 10.3. The van der Waals surface area contributed by atoms with Crippen LogP contribution in [0.3, 0.4) is 0 Å². The monoisotopic (exact) mass is 217 g/mol. The van der Waals surface area contributed by atoms with Crippen LogP contribution in [0.15, 0.2) is 10.5 Å². The molecule has 0 aromatic carbocycles. The van der Waals surface area contributed by atoms with Crippen LogP contribution in [-0.2, 0) is 9.63 Å². The molecule has 0 bridgehead atoms. The minimum atomic E-state index is -0.658. The maximum Gasteiger partial charge on any atom is 0.180 e. The summed E-state index contributed by atoms with van der Waals surface area (Å²) in [6.45, 7) is -0.841. The molecule has 1 rings (SSSR count). The average molecular weight is 217 g/mol. The van der Waals surface area contributed by atoms with Gasteiger partial charge in [0.1, 0.15) is 19.0 Å². The first kappa shape index (κ1) is 10.6. The largest absolute Gasteiger partial charge is 0.392 e. The molecule has 1 heterocycles. The van der Waals surface area contributed by atoms with E-state index in [0.717, 1.165) is 0 Å². The molecule has 2 N–H and O–H groups in total. The minimum Gasteiger partial charge on any atom is -0.392 e. The molecular formula is C7H8FN3O2S. The van der Waals surface area contributed by atoms with Gasteiger partial charge in [-0.05, 0) is 0 Å². The Balaban J connectivity index is 2.71. The summed E-state index contributed by atoms with van der Waals surface area (Å²) in [7, 11) is 0. The second kappa shape index (κ2) is 5.28. The SMILES string of the molecule is Nc1nc(/C(C=O)=N/OCCF)cs1. The highest BCUT2D eigenvalue weighted by Crippen LogP contribution is 2.11. The number of oxime groups is 1. The molecule has 0 aliphatic rings. The Labute approximate surface area is 83.4 Å². The number of nitrogens with two attached hydrogens (primary N) is 1. The van der Waals surface area contributed by atoms with E-state index in [4.69, 9.17) is 5.73 Å². The van der Waals surface area contributed by atoms with Crippen LogP contribution in [0.4, 0.5) is 9.52 Å². The van der Waals surface area contributed by atoms with E-state index in [1.165, 1.54) is 11.3 Å². The van der Waals surface area contributed by atoms with Gasteiger partial charge in [0.2, 0.25) is 0 Å². The predicted octanol–water partition coefficient (Wildman–Crippen LogP) is 0.614. The fourth-order valence-corrected chi connectivity index (χ4v) is 1.24. The number of nitrogens with zero attached hydrogens (tertiary/aromatic N) is 2. The van der Waals surface area contributed by atoms with Crippen molar-refractivity contribution in [1.29, 1.82) is 0 Å². The summed E-state index contributed by atoms with van der Waals surface area (Å²) >= 11 is 1.18. The molecular weight excluding hydrogens is 209 g/mol. The van der Waals surface area contributed by atoms with Crippen LogP contribution in [0, 0.1) is 0 Å². The Morgan fingerprint density at radius 3 is 3.14 bits per heavy atom. The highest BCUT2D eigenvalue weighted by Gasteiger charge is 2.07. The van der Waals surface area contributed by atoms with E-state index in [2.05, 4.69) is 15.0 Å². The topological polar surface area (TPSA) is 77.6 Å². The number of carbonyl (C=O) groups excluding carboxylic acids is 1. The van der Waals surface area contributed by atoms with E-state index < -0.39 is 6.67 Å². The van der Waals surface area contributed by atoms with Crippen molar-refractivity contribution in [2.24, 2.45) is 5.16 Å². The maximum absolute atomic E-state index is 11.6. The summed E-state index contributed by atoms with van der Waals surface area (Å²) in [5, 5.41) is 5.32. The van der Waals surface area contributed by atoms with Gasteiger partial charge < -0.3 is 10.6 Å². The van der Waals surface area contributed by atoms with Gasteiger partial charge >= 0.3 is 0 Å². The number of thiazole rings is 1. The van der Waals surface area contributed by atoms with E-state index >= 15 is 0 Å². The third-order valence-electron chi connectivity index (χ3n) is 1.23. The van der Waals surface area contributed by atoms with E-state index in [1.54, 1.807) is 5.38 Å². The number of hydrogen-bond acceptors (Lipinski definition) is 6. The normalized spacial score (nSPS) is 11.4. The molecule has 76 valence electrons. The molecule has 0 unspecified atom stereocenters. The fraction of sp³-hybridized carbons (Fsp3) is 0.286. The zero-order chi connectivity index (χ0) is 10.4. The zero-order valence-corrected chi connectivity index (χ0v) is 7.96. The molecule has 0 aliphatic heterocycles. The van der Waals surface area contributed by atoms with Gasteiger partial charge in [0, 0.05) is 5.38 Å². The minimum absolute atomic E-state index is 0.00593. The van der Waals surface area contributed by atoms with E-state index in [9.17, 15) is 9.18 Å². The lowest BCUT2D eigenvalue weighted by Crippen LogP contribution is -2.05. The Morgan fingerprint density at radius 1 is 1.86 bits per heavy atom. The van der Waals surface area contributed by atoms with Crippen molar-refractivity contribution in [3.63, 3.8) is 0 Å². The molecule has 1 aromatic heterocycles. The van der Waals surface area contributed by atoms with Crippen molar-refractivity contribution < 1.29 is 14.0 Å². The number of aldehydes is 1. The Kier molecular flexibility index (Phi) is 3.99. The summed E-state index contributed by atoms with van der Waals surface area (Å²) in [6, 6.07) is 0. The summed E-state index contributed by atoms with van der Waals surface area (Å²) in [5.74, 6) is 0. The van der Waals surface area contributed by atoms with Crippen LogP contribution in [0.5, 0.6) is 0 Å². The average Bonchev–Trinajstić information content (AvgIpc) is 2.60. The van der Waals surface area contributed by atoms with Gasteiger partial charge in [-0.2, -0.15) is 0 Å². The molecule has 0 spiro atoms. The number of aromatic nitrogens is 1. The van der Waals surface area contributed by atoms with Gasteiger partial charge in [0.25, 0.3) is 0 Å². The third-order valence-corrected chi connectivity index (χ3v) is 1.90. The van der Waals surface area contributed by atoms with Gasteiger partial charge in [0.05, 0.1) is 0 Å². The first-order chi connectivity index (χ1) is 6.77. The van der Waals surface area contributed by atoms with E-state index in [-0.39, 0.29) is 12.3 Å². The van der Waals surface area contributed by atoms with Crippen LogP contribution in [0.25, 0.3) is 0 Å². The van der Waals surface area contributed by atoms with Crippen molar-refractivity contribution >= 4 is 28.5 Å². The molecule has 0 radical (unpaired) electrons. The zero-order valence-electron chi connectivity index (χ0n) is 7.14. The van der Waals surface area contributed by atoms with Crippen LogP contribution in [0.1, 0.15) is 5.69 Å². The number of hydrogen-bond donors (Lipinski definition) is 1. The quantitative estimate of drug-likeness (QED) is 0.339. The lowest BCUT2D eigenvalue weighted by Gasteiger charge is -1.95. The second-order valence-corrected chi connectivity index (χ2v) is 3.08. The number of carbonyl (C=O) groups is 1. The maximum atomic E-state index is 11.6. The van der Waals surface area contributed by atoms with Crippen LogP contribution >= 0.6 is 11.3 Å². The highest BCUT2D eigenvalue weighted by molar-refractivity contribution is 7.13. The van der Waals surface area contributed by atoms with E-state index in [0.29, 0.717) is 17.1 Å². The summed E-state index contributed by atoms with van der Waals surface area (Å²) in [5.41, 5.74) is 5.70. The molecule has 0 aliphatic carbocycles. The van der Waals surface area contributed by atoms with Gasteiger partial charge in [-0.25, -0.2) is 9.37 Å². The van der Waals surface area contributed by atoms with Crippen molar-refractivity contribution in [2.75, 3.05) is 19.0 Å². The first-order valence-corrected chi connectivity index (χ1v) is 4.58. The van der Waals surface area contributed by atoms with Gasteiger partial charge in [-0.15, -0.1) is 11.3 Å². The predicted molar refractivity (Wildman–Crippen MR) is 51.1 cm³/mol. The fourth-order valence-electron chi connectivity index (χ4n) is 0.684. The second-order valence-electron chi connectivity index (χ2n) is 2.19. The molecule has 7 heteroatoms. The first-order valence-electron chi connectivity index (χ1n) is 3.70. The molecule has 1 aromatic rings. The van der Waals surface area contributed by atoms with Crippen molar-refractivity contribution in [3.8, 4) is 0 Å². The molecule has 5 nitrogen and oxygen atoms in total. The van der Waals surface area contributed by atoms with Crippen LogP contribution < -0.4 is 5.73 Å². The van der Waals surface area contributed by atoms with Gasteiger partial charge in [0.15, 0.2) is 17.1 Å². The van der Waals surface area contributed by atoms with E-state index in [1.807, 2.05) is 0 Å². The summed E-state index contributed by atoms with van der Waals surface area (Å²) in [4.78, 5) is 18.9. The number of anilines is 1. The molecule has 0 fully saturated rings. The summed E-state index contributed by atoms with van der Waals surface area (Å²) < 4.78 is 11.6. The van der Waals surface area contributed by atoms with Gasteiger partial charge in [-0.1, -0.05) is 5.16 Å². The lowest BCUT2D eigenvalue weighted by molar-refractivity contribution is -0.102.